The topological polar surface area (TPSA) is 155 Å². The third kappa shape index (κ3) is 9.67. The zero-order chi connectivity index (χ0) is 30.3. The Hall–Kier alpha value is -4.64. The molecular formula is C32H30I2N8O3. The quantitative estimate of drug-likeness (QED) is 0.119. The van der Waals surface area contributed by atoms with Gasteiger partial charge in [0.1, 0.15) is 18.6 Å². The lowest BCUT2D eigenvalue weighted by Gasteiger charge is -2.10. The van der Waals surface area contributed by atoms with Crippen LogP contribution in [0, 0.1) is 6.92 Å². The number of hydrogen-bond acceptors (Lipinski definition) is 7. The van der Waals surface area contributed by atoms with Crippen molar-refractivity contribution in [2.24, 2.45) is 7.05 Å². The van der Waals surface area contributed by atoms with E-state index in [1.54, 1.807) is 91.1 Å². The van der Waals surface area contributed by atoms with Crippen LogP contribution in [0.4, 0.5) is 34.5 Å². The maximum absolute atomic E-state index is 12.8. The van der Waals surface area contributed by atoms with Crippen molar-refractivity contribution in [1.29, 1.82) is 0 Å². The van der Waals surface area contributed by atoms with E-state index < -0.39 is 0 Å². The molecule has 0 fully saturated rings. The summed E-state index contributed by atoms with van der Waals surface area (Å²) in [5.74, 6) is -0.157. The number of pyridine rings is 1. The highest BCUT2D eigenvalue weighted by Crippen LogP contribution is 2.20. The number of aromatic nitrogens is 3. The smallest absolute Gasteiger partial charge is 0.255 e. The first-order valence-electron chi connectivity index (χ1n) is 13.3. The Morgan fingerprint density at radius 3 is 1.60 bits per heavy atom. The van der Waals surface area contributed by atoms with E-state index in [1.807, 2.05) is 30.8 Å². The van der Waals surface area contributed by atoms with Crippen LogP contribution in [0.1, 0.15) is 36.8 Å². The summed E-state index contributed by atoms with van der Waals surface area (Å²) in [5, 5.41) is 11.6. The number of rotatable bonds is 8. The van der Waals surface area contributed by atoms with Crippen LogP contribution in [0.25, 0.3) is 0 Å². The molecule has 3 amide bonds. The predicted molar refractivity (Wildman–Crippen MR) is 181 cm³/mol. The second kappa shape index (κ2) is 15.9. The highest BCUT2D eigenvalue weighted by atomic mass is 127. The molecule has 0 atom stereocenters. The van der Waals surface area contributed by atoms with Crippen molar-refractivity contribution >= 4 is 76.2 Å². The second-order valence-electron chi connectivity index (χ2n) is 9.73. The maximum atomic E-state index is 12.8. The largest absolute Gasteiger partial charge is 1.00 e. The molecule has 6 N–H and O–H groups in total. The molecule has 0 saturated heterocycles. The Labute approximate surface area is 294 Å². The molecule has 5 aromatic rings. The molecule has 0 unspecified atom stereocenters. The first kappa shape index (κ1) is 34.8. The Balaban J connectivity index is 0.00000276. The van der Waals surface area contributed by atoms with Crippen LogP contribution in [0.3, 0.4) is 0 Å². The molecule has 3 aromatic carbocycles. The minimum absolute atomic E-state index is 0. The number of aryl methyl sites for hydroxylation is 2. The number of nitrogens with one attached hydrogen (secondary N) is 4. The van der Waals surface area contributed by atoms with Crippen LogP contribution < -0.4 is 55.5 Å². The number of anilines is 6. The molecular weight excluding hydrogens is 798 g/mol. The van der Waals surface area contributed by atoms with E-state index in [0.29, 0.717) is 39.6 Å². The summed E-state index contributed by atoms with van der Waals surface area (Å²) in [6, 6.07) is 25.5. The number of carbonyl (C=O) groups excluding carboxylic acids is 3. The minimum Gasteiger partial charge on any atom is -1.00 e. The number of amides is 3. The summed E-state index contributed by atoms with van der Waals surface area (Å²) in [6.45, 7) is 1.83. The molecule has 0 aliphatic carbocycles. The molecule has 11 nitrogen and oxygen atoms in total. The minimum atomic E-state index is -0.343. The van der Waals surface area contributed by atoms with Crippen molar-refractivity contribution in [3.8, 4) is 0 Å². The van der Waals surface area contributed by atoms with Crippen molar-refractivity contribution in [3.63, 3.8) is 0 Å². The first-order chi connectivity index (χ1) is 20.7. The van der Waals surface area contributed by atoms with E-state index in [4.69, 9.17) is 5.73 Å². The standard InChI is InChI=1S/C32H28N8O3.2HI/c1-20-18-28(39-32(33)34-20)35-24-13-15-26(16-14-24)37-30(42)22-7-5-21(6-8-22)29(41)36-25-11-9-23(10-12-25)31(43)38-27-4-3-17-40(2)19-27;;/h3-19H,1-2H3,(H5-,33,34,35,36,37,38,39,41,42,43);2*1H. The van der Waals surface area contributed by atoms with Gasteiger partial charge in [-0.3, -0.25) is 14.4 Å². The molecule has 0 saturated carbocycles. The predicted octanol–water partition coefficient (Wildman–Crippen LogP) is 2.31. The maximum Gasteiger partial charge on any atom is 0.255 e. The summed E-state index contributed by atoms with van der Waals surface area (Å²) >= 11 is 0. The first-order valence-corrected chi connectivity index (χ1v) is 13.3. The second-order valence-corrected chi connectivity index (χ2v) is 9.73. The van der Waals surface area contributed by atoms with Crippen molar-refractivity contribution in [2.45, 2.75) is 6.92 Å². The number of nitrogens with zero attached hydrogens (tertiary/aromatic N) is 3. The molecule has 0 aliphatic rings. The molecule has 0 spiro atoms. The average molecular weight is 828 g/mol. The van der Waals surface area contributed by atoms with Gasteiger partial charge in [-0.05, 0) is 85.8 Å². The van der Waals surface area contributed by atoms with Gasteiger partial charge in [0.25, 0.3) is 17.7 Å². The summed E-state index contributed by atoms with van der Waals surface area (Å²) in [6.07, 6.45) is 3.67. The van der Waals surface area contributed by atoms with Gasteiger partial charge in [-0.15, -0.1) is 24.0 Å². The molecule has 45 heavy (non-hydrogen) atoms. The average Bonchev–Trinajstić information content (AvgIpc) is 2.98. The van der Waals surface area contributed by atoms with E-state index in [1.165, 1.54) is 0 Å². The number of hydrogen-bond donors (Lipinski definition) is 5. The zero-order valence-electron chi connectivity index (χ0n) is 24.2. The number of benzene rings is 3. The summed E-state index contributed by atoms with van der Waals surface area (Å²) in [5.41, 5.74) is 10.3. The van der Waals surface area contributed by atoms with Crippen LogP contribution in [-0.4, -0.2) is 27.7 Å². The number of carbonyl (C=O) groups is 3. The lowest BCUT2D eigenvalue weighted by Crippen LogP contribution is -3.00. The third-order valence-corrected chi connectivity index (χ3v) is 6.30. The van der Waals surface area contributed by atoms with Crippen molar-refractivity contribution in [3.05, 3.63) is 126 Å². The van der Waals surface area contributed by atoms with Gasteiger partial charge in [0.2, 0.25) is 5.95 Å². The lowest BCUT2D eigenvalue weighted by atomic mass is 10.1. The van der Waals surface area contributed by atoms with Crippen molar-refractivity contribution < 1.29 is 42.9 Å². The van der Waals surface area contributed by atoms with Crippen LogP contribution in [0.15, 0.2) is 103 Å². The molecule has 5 rings (SSSR count). The fourth-order valence-electron chi connectivity index (χ4n) is 4.19. The van der Waals surface area contributed by atoms with Gasteiger partial charge in [-0.25, -0.2) is 9.55 Å². The third-order valence-electron chi connectivity index (χ3n) is 6.30. The fraction of sp³-hybridized carbons (Fsp3) is 0.0625. The molecule has 0 bridgehead atoms. The van der Waals surface area contributed by atoms with Crippen LogP contribution >= 0.6 is 24.0 Å². The van der Waals surface area contributed by atoms with Crippen molar-refractivity contribution in [2.75, 3.05) is 27.0 Å². The summed E-state index contributed by atoms with van der Waals surface area (Å²) in [7, 11) is 1.87. The summed E-state index contributed by atoms with van der Waals surface area (Å²) < 4.78 is 1.84. The van der Waals surface area contributed by atoms with Crippen LogP contribution in [-0.2, 0) is 7.05 Å². The lowest BCUT2D eigenvalue weighted by molar-refractivity contribution is -0.670. The van der Waals surface area contributed by atoms with Crippen molar-refractivity contribution in [1.82, 2.24) is 9.97 Å². The van der Waals surface area contributed by atoms with E-state index in [2.05, 4.69) is 31.2 Å². The van der Waals surface area contributed by atoms with E-state index >= 15 is 0 Å². The molecule has 2 heterocycles. The number of nitrogen functional groups attached to an aromatic ring is 1. The van der Waals surface area contributed by atoms with E-state index in [-0.39, 0.29) is 71.6 Å². The van der Waals surface area contributed by atoms with Gasteiger partial charge in [0.15, 0.2) is 12.4 Å². The van der Waals surface area contributed by atoms with Crippen LogP contribution in [0.2, 0.25) is 0 Å². The molecule has 230 valence electrons. The highest BCUT2D eigenvalue weighted by molar-refractivity contribution is 14.0. The monoisotopic (exact) mass is 828 g/mol. The van der Waals surface area contributed by atoms with Gasteiger partial charge in [-0.1, -0.05) is 0 Å². The SMILES string of the molecule is Cc1cc(Nc2ccc(NC(=O)c3ccc(C(=O)Nc4ccc(C(=O)Nc5ccc[n+](C)c5)cc4)cc3)cc2)nc(N)n1.I.[I-]. The normalized spacial score (nSPS) is 10.0. The van der Waals surface area contributed by atoms with E-state index in [9.17, 15) is 14.4 Å². The Kier molecular flexibility index (Phi) is 12.3. The molecule has 0 aliphatic heterocycles. The molecule has 2 aromatic heterocycles. The van der Waals surface area contributed by atoms with Gasteiger partial charge in [-0.2, -0.15) is 4.98 Å². The van der Waals surface area contributed by atoms with E-state index in [0.717, 1.165) is 11.4 Å². The molecule has 13 heteroatoms. The van der Waals surface area contributed by atoms with Gasteiger partial charge in [0, 0.05) is 51.6 Å². The number of halogens is 2. The Morgan fingerprint density at radius 1 is 0.667 bits per heavy atom. The van der Waals surface area contributed by atoms with Gasteiger partial charge >= 0.3 is 0 Å². The fourth-order valence-corrected chi connectivity index (χ4v) is 4.19. The molecule has 0 radical (unpaired) electrons. The summed E-state index contributed by atoms with van der Waals surface area (Å²) in [4.78, 5) is 46.3. The van der Waals surface area contributed by atoms with Gasteiger partial charge < -0.3 is 51.0 Å². The number of nitrogens with two attached hydrogens (primary N) is 1. The van der Waals surface area contributed by atoms with Gasteiger partial charge in [0.05, 0.1) is 0 Å². The zero-order valence-corrected chi connectivity index (χ0v) is 28.7. The van der Waals surface area contributed by atoms with Crippen LogP contribution in [0.5, 0.6) is 0 Å². The Bertz CT molecular complexity index is 1780. The highest BCUT2D eigenvalue weighted by Gasteiger charge is 2.12. The Morgan fingerprint density at radius 2 is 1.11 bits per heavy atom.